The number of unbranched alkanes of at least 4 members (excludes halogenated alkanes) is 1. The van der Waals surface area contributed by atoms with Crippen LogP contribution >= 0.6 is 0 Å². The fourth-order valence-corrected chi connectivity index (χ4v) is 2.82. The van der Waals surface area contributed by atoms with Crippen molar-refractivity contribution in [1.82, 2.24) is 15.1 Å². The number of amides is 1. The lowest BCUT2D eigenvalue weighted by molar-refractivity contribution is -0.0366. The summed E-state index contributed by atoms with van der Waals surface area (Å²) in [5.41, 5.74) is 1.71. The van der Waals surface area contributed by atoms with Crippen molar-refractivity contribution in [2.24, 2.45) is 0 Å². The van der Waals surface area contributed by atoms with Crippen LogP contribution in [0.4, 0.5) is 0 Å². The molecule has 1 atom stereocenters. The Hall–Kier alpha value is -1.88. The minimum Gasteiger partial charge on any atom is -0.356 e. The number of aromatic nitrogens is 2. The maximum Gasteiger partial charge on any atom is 0.251 e. The van der Waals surface area contributed by atoms with Crippen molar-refractivity contribution in [2.45, 2.75) is 45.3 Å². The third kappa shape index (κ3) is 3.14. The molecule has 1 N–H and O–H groups in total. The highest BCUT2D eigenvalue weighted by Crippen LogP contribution is 2.26. The van der Waals surface area contributed by atoms with E-state index in [2.05, 4.69) is 17.3 Å². The van der Waals surface area contributed by atoms with Crippen LogP contribution in [-0.4, -0.2) is 28.8 Å². The third-order valence-corrected chi connectivity index (χ3v) is 4.10. The Morgan fingerprint density at radius 3 is 3.14 bits per heavy atom. The van der Waals surface area contributed by atoms with Gasteiger partial charge in [0, 0.05) is 24.1 Å². The van der Waals surface area contributed by atoms with Gasteiger partial charge in [-0.3, -0.25) is 4.79 Å². The summed E-state index contributed by atoms with van der Waals surface area (Å²) < 4.78 is 7.73. The number of hydrogen-bond acceptors (Lipinski definition) is 3. The number of carbonyl (C=O) groups is 1. The first kappa shape index (κ1) is 15.0. The van der Waals surface area contributed by atoms with Gasteiger partial charge >= 0.3 is 0 Å². The zero-order chi connectivity index (χ0) is 15.4. The zero-order valence-corrected chi connectivity index (χ0v) is 13.0. The number of nitrogens with zero attached hydrogens (tertiary/aromatic N) is 2. The number of hydrogen-bond donors (Lipinski definition) is 1. The maximum absolute atomic E-state index is 12.1. The lowest BCUT2D eigenvalue weighted by atomic mass is 10.1. The molecule has 1 amide bonds. The van der Waals surface area contributed by atoms with Gasteiger partial charge in [0.25, 0.3) is 5.91 Å². The van der Waals surface area contributed by atoms with Crippen LogP contribution in [0, 0.1) is 0 Å². The molecule has 3 rings (SSSR count). The smallest absolute Gasteiger partial charge is 0.251 e. The molecule has 1 aromatic carbocycles. The van der Waals surface area contributed by atoms with Crippen LogP contribution < -0.4 is 5.32 Å². The molecule has 1 unspecified atom stereocenters. The molecule has 0 aliphatic carbocycles. The molecule has 1 fully saturated rings. The van der Waals surface area contributed by atoms with Crippen molar-refractivity contribution in [3.8, 4) is 0 Å². The largest absolute Gasteiger partial charge is 0.356 e. The Kier molecular flexibility index (Phi) is 4.73. The Morgan fingerprint density at radius 2 is 2.36 bits per heavy atom. The van der Waals surface area contributed by atoms with Crippen LogP contribution in [0.25, 0.3) is 10.9 Å². The molecule has 1 saturated heterocycles. The van der Waals surface area contributed by atoms with E-state index in [0.717, 1.165) is 49.7 Å². The molecule has 0 saturated carbocycles. The summed E-state index contributed by atoms with van der Waals surface area (Å²) in [5.74, 6) is -0.0167. The van der Waals surface area contributed by atoms with Gasteiger partial charge in [-0.15, -0.1) is 0 Å². The SMILES string of the molecule is CCCCNC(=O)c1ccc2c(cnn2C2CCCCO2)c1. The maximum atomic E-state index is 12.1. The normalized spacial score (nSPS) is 18.5. The summed E-state index contributed by atoms with van der Waals surface area (Å²) in [6.45, 7) is 3.63. The van der Waals surface area contributed by atoms with E-state index in [1.807, 2.05) is 29.1 Å². The van der Waals surface area contributed by atoms with Crippen LogP contribution in [0.2, 0.25) is 0 Å². The van der Waals surface area contributed by atoms with E-state index in [1.54, 1.807) is 0 Å². The Labute approximate surface area is 130 Å². The molecule has 5 heteroatoms. The first-order valence-electron chi connectivity index (χ1n) is 8.16. The van der Waals surface area contributed by atoms with E-state index in [0.29, 0.717) is 5.56 Å². The predicted molar refractivity (Wildman–Crippen MR) is 85.8 cm³/mol. The highest BCUT2D eigenvalue weighted by Gasteiger charge is 2.18. The highest BCUT2D eigenvalue weighted by molar-refractivity contribution is 5.97. The lowest BCUT2D eigenvalue weighted by Crippen LogP contribution is -2.24. The Balaban J connectivity index is 1.78. The second kappa shape index (κ2) is 6.92. The van der Waals surface area contributed by atoms with Crippen molar-refractivity contribution in [3.63, 3.8) is 0 Å². The minimum absolute atomic E-state index is 0.0167. The fraction of sp³-hybridized carbons (Fsp3) is 0.529. The predicted octanol–water partition coefficient (Wildman–Crippen LogP) is 3.27. The van der Waals surface area contributed by atoms with Crippen molar-refractivity contribution < 1.29 is 9.53 Å². The minimum atomic E-state index is -0.0167. The quantitative estimate of drug-likeness (QED) is 0.862. The van der Waals surface area contributed by atoms with Gasteiger partial charge in [0.1, 0.15) is 0 Å². The van der Waals surface area contributed by atoms with Crippen molar-refractivity contribution >= 4 is 16.8 Å². The van der Waals surface area contributed by atoms with Gasteiger partial charge in [-0.25, -0.2) is 4.68 Å². The molecule has 2 aromatic rings. The topological polar surface area (TPSA) is 56.2 Å². The number of ether oxygens (including phenoxy) is 1. The Bertz CT molecular complexity index is 644. The molecule has 1 aliphatic heterocycles. The molecule has 1 aliphatic rings. The standard InChI is InChI=1S/C17H23N3O2/c1-2-3-9-18-17(21)13-7-8-15-14(11-13)12-19-20(15)16-6-4-5-10-22-16/h7-8,11-12,16H,2-6,9-10H2,1H3,(H,18,21). The van der Waals surface area contributed by atoms with Crippen LogP contribution in [0.3, 0.4) is 0 Å². The zero-order valence-electron chi connectivity index (χ0n) is 13.0. The molecule has 0 radical (unpaired) electrons. The summed E-state index contributed by atoms with van der Waals surface area (Å²) in [6.07, 6.45) is 7.21. The second-order valence-electron chi connectivity index (χ2n) is 5.79. The van der Waals surface area contributed by atoms with Gasteiger partial charge in [0.2, 0.25) is 0 Å². The van der Waals surface area contributed by atoms with E-state index in [9.17, 15) is 4.79 Å². The van der Waals surface area contributed by atoms with Gasteiger partial charge in [0.15, 0.2) is 6.23 Å². The van der Waals surface area contributed by atoms with Crippen LogP contribution in [0.1, 0.15) is 55.6 Å². The average molecular weight is 301 g/mol. The highest BCUT2D eigenvalue weighted by atomic mass is 16.5. The molecule has 1 aromatic heterocycles. The summed E-state index contributed by atoms with van der Waals surface area (Å²) in [7, 11) is 0. The van der Waals surface area contributed by atoms with Crippen LogP contribution in [-0.2, 0) is 4.74 Å². The third-order valence-electron chi connectivity index (χ3n) is 4.10. The number of fused-ring (bicyclic) bond motifs is 1. The van der Waals surface area contributed by atoms with Gasteiger partial charge in [-0.2, -0.15) is 5.10 Å². The van der Waals surface area contributed by atoms with Gasteiger partial charge in [-0.1, -0.05) is 13.3 Å². The molecular formula is C17H23N3O2. The first-order valence-corrected chi connectivity index (χ1v) is 8.16. The molecule has 0 bridgehead atoms. The van der Waals surface area contributed by atoms with E-state index < -0.39 is 0 Å². The first-order chi connectivity index (χ1) is 10.8. The second-order valence-corrected chi connectivity index (χ2v) is 5.79. The average Bonchev–Trinajstić information content (AvgIpc) is 2.99. The van der Waals surface area contributed by atoms with Crippen molar-refractivity contribution in [3.05, 3.63) is 30.0 Å². The fourth-order valence-electron chi connectivity index (χ4n) is 2.82. The summed E-state index contributed by atoms with van der Waals surface area (Å²) in [6, 6.07) is 5.74. The van der Waals surface area contributed by atoms with E-state index in [-0.39, 0.29) is 12.1 Å². The van der Waals surface area contributed by atoms with Gasteiger partial charge in [-0.05, 0) is 43.9 Å². The summed E-state index contributed by atoms with van der Waals surface area (Å²) in [5, 5.41) is 8.38. The number of carbonyl (C=O) groups excluding carboxylic acids is 1. The monoisotopic (exact) mass is 301 g/mol. The number of benzene rings is 1. The van der Waals surface area contributed by atoms with Crippen LogP contribution in [0.5, 0.6) is 0 Å². The molecule has 2 heterocycles. The van der Waals surface area contributed by atoms with Crippen molar-refractivity contribution in [2.75, 3.05) is 13.2 Å². The Morgan fingerprint density at radius 1 is 1.45 bits per heavy atom. The molecule has 118 valence electrons. The lowest BCUT2D eigenvalue weighted by Gasteiger charge is -2.23. The van der Waals surface area contributed by atoms with Crippen LogP contribution in [0.15, 0.2) is 24.4 Å². The molecular weight excluding hydrogens is 278 g/mol. The van der Waals surface area contributed by atoms with E-state index in [1.165, 1.54) is 6.42 Å². The van der Waals surface area contributed by atoms with Crippen molar-refractivity contribution in [1.29, 1.82) is 0 Å². The summed E-state index contributed by atoms with van der Waals surface area (Å²) in [4.78, 5) is 12.1. The number of nitrogens with one attached hydrogen (secondary N) is 1. The van der Waals surface area contributed by atoms with Gasteiger partial charge < -0.3 is 10.1 Å². The number of rotatable bonds is 5. The van der Waals surface area contributed by atoms with E-state index in [4.69, 9.17) is 4.74 Å². The molecule has 22 heavy (non-hydrogen) atoms. The molecule has 5 nitrogen and oxygen atoms in total. The van der Waals surface area contributed by atoms with Gasteiger partial charge in [0.05, 0.1) is 11.7 Å². The van der Waals surface area contributed by atoms with E-state index >= 15 is 0 Å². The summed E-state index contributed by atoms with van der Waals surface area (Å²) >= 11 is 0. The molecule has 0 spiro atoms.